The van der Waals surface area contributed by atoms with Gasteiger partial charge in [0.25, 0.3) is 0 Å². The number of phenolic OH excluding ortho intramolecular Hbond substituents is 1. The Morgan fingerprint density at radius 1 is 1.00 bits per heavy atom. The average Bonchev–Trinajstić information content (AvgIpc) is 2.29. The fourth-order valence-corrected chi connectivity index (χ4v) is 1.45. The van der Waals surface area contributed by atoms with Crippen LogP contribution in [0.2, 0.25) is 15.1 Å². The summed E-state index contributed by atoms with van der Waals surface area (Å²) in [5.74, 6) is -0.0980. The maximum absolute atomic E-state index is 8.98. The van der Waals surface area contributed by atoms with Crippen LogP contribution in [0, 0.1) is 0 Å². The normalized spacial score (nSPS) is 8.65. The summed E-state index contributed by atoms with van der Waals surface area (Å²) in [6, 6.07) is 8.51. The van der Waals surface area contributed by atoms with Gasteiger partial charge in [0.1, 0.15) is 10.8 Å². The maximum Gasteiger partial charge on any atom is 1.00 e. The molecule has 1 N–H and O–H groups in total. The van der Waals surface area contributed by atoms with Crippen molar-refractivity contribution in [2.75, 3.05) is 0 Å². The summed E-state index contributed by atoms with van der Waals surface area (Å²) in [5, 5.41) is 9.73. The van der Waals surface area contributed by atoms with Crippen molar-refractivity contribution >= 4 is 34.8 Å². The third-order valence-corrected chi connectivity index (χ3v) is 2.55. The van der Waals surface area contributed by atoms with Gasteiger partial charge in [-0.2, -0.15) is 0 Å². The third kappa shape index (κ3) is 6.51. The number of hydrogen-bond donors (Lipinski definition) is 1. The van der Waals surface area contributed by atoms with Crippen molar-refractivity contribution in [1.82, 2.24) is 4.98 Å². The van der Waals surface area contributed by atoms with Crippen LogP contribution in [0.5, 0.6) is 5.75 Å². The second kappa shape index (κ2) is 9.03. The molecule has 2 aromatic rings. The Labute approximate surface area is 138 Å². The van der Waals surface area contributed by atoms with Crippen molar-refractivity contribution in [2.24, 2.45) is 0 Å². The van der Waals surface area contributed by atoms with Gasteiger partial charge < -0.3 is 6.53 Å². The third-order valence-electron chi connectivity index (χ3n) is 1.54. The maximum atomic E-state index is 8.98. The monoisotopic (exact) mass is 299 g/mol. The van der Waals surface area contributed by atoms with Gasteiger partial charge >= 0.3 is 29.6 Å². The molecule has 1 aromatic heterocycles. The largest absolute Gasteiger partial charge is 1.00 e. The van der Waals surface area contributed by atoms with Gasteiger partial charge in [0.05, 0.1) is 5.02 Å². The predicted molar refractivity (Wildman–Crippen MR) is 68.5 cm³/mol. The van der Waals surface area contributed by atoms with Crippen LogP contribution < -0.4 is 29.6 Å². The zero-order valence-corrected chi connectivity index (χ0v) is 13.3. The SMILES string of the molecule is Oc1cc(Cl)cc(Cl)c1Cl.[H-].[Na+].c1ccncc1. The standard InChI is InChI=1S/C6H3Cl3O.C5H5N.Na.H/c7-3-1-4(8)6(9)5(10)2-3;1-2-4-6-5-3-1;;/h1-2,10H;1-5H;;/q;;+1;-1. The Kier molecular flexibility index (Phi) is 9.06. The summed E-state index contributed by atoms with van der Waals surface area (Å²) in [7, 11) is 0. The van der Waals surface area contributed by atoms with Gasteiger partial charge in [-0.1, -0.05) is 40.9 Å². The molecule has 0 saturated carbocycles. The number of rotatable bonds is 0. The van der Waals surface area contributed by atoms with E-state index >= 15 is 0 Å². The number of nitrogens with zero attached hydrogens (tertiary/aromatic N) is 1. The van der Waals surface area contributed by atoms with E-state index in [0.717, 1.165) is 0 Å². The van der Waals surface area contributed by atoms with Gasteiger partial charge in [0, 0.05) is 23.5 Å². The van der Waals surface area contributed by atoms with Crippen molar-refractivity contribution in [3.63, 3.8) is 0 Å². The zero-order chi connectivity index (χ0) is 12.0. The van der Waals surface area contributed by atoms with Crippen molar-refractivity contribution in [3.8, 4) is 5.75 Å². The molecule has 6 heteroatoms. The van der Waals surface area contributed by atoms with Crippen molar-refractivity contribution in [1.29, 1.82) is 0 Å². The first-order valence-corrected chi connectivity index (χ1v) is 5.43. The van der Waals surface area contributed by atoms with E-state index in [1.165, 1.54) is 12.1 Å². The van der Waals surface area contributed by atoms with Crippen LogP contribution in [0.4, 0.5) is 0 Å². The van der Waals surface area contributed by atoms with Gasteiger partial charge in [-0.25, -0.2) is 0 Å². The first kappa shape index (κ1) is 17.0. The number of halogens is 3. The number of hydrogen-bond acceptors (Lipinski definition) is 2. The van der Waals surface area contributed by atoms with Crippen LogP contribution in [0.15, 0.2) is 42.7 Å². The molecule has 0 spiro atoms. The smallest absolute Gasteiger partial charge is 1.00 e. The van der Waals surface area contributed by atoms with Crippen molar-refractivity contribution in [3.05, 3.63) is 57.8 Å². The molecule has 0 saturated heterocycles. The fraction of sp³-hybridized carbons (Fsp3) is 0. The van der Waals surface area contributed by atoms with Crippen molar-refractivity contribution < 1.29 is 36.1 Å². The van der Waals surface area contributed by atoms with Gasteiger partial charge in [0.2, 0.25) is 0 Å². The van der Waals surface area contributed by atoms with E-state index in [1.54, 1.807) is 12.4 Å². The summed E-state index contributed by atoms with van der Waals surface area (Å²) < 4.78 is 0. The molecule has 0 aliphatic rings. The van der Waals surface area contributed by atoms with Crippen LogP contribution in [0.3, 0.4) is 0 Å². The quantitative estimate of drug-likeness (QED) is 0.591. The fourth-order valence-electron chi connectivity index (χ4n) is 0.855. The Hall–Kier alpha value is 0.0400. The van der Waals surface area contributed by atoms with Gasteiger partial charge in [0.15, 0.2) is 0 Å². The number of benzene rings is 1. The zero-order valence-electron chi connectivity index (χ0n) is 10.1. The number of aromatic nitrogens is 1. The van der Waals surface area contributed by atoms with Gasteiger partial charge in [-0.15, -0.1) is 0 Å². The van der Waals surface area contributed by atoms with Crippen LogP contribution >= 0.6 is 34.8 Å². The molecular formula is C11H9Cl3NNaO. The van der Waals surface area contributed by atoms with E-state index in [9.17, 15) is 0 Å². The Balaban J connectivity index is 0. The summed E-state index contributed by atoms with van der Waals surface area (Å²) in [6.45, 7) is 0. The average molecular weight is 301 g/mol. The Morgan fingerprint density at radius 3 is 1.94 bits per heavy atom. The molecule has 0 aliphatic heterocycles. The predicted octanol–water partition coefficient (Wildman–Crippen LogP) is 1.55. The summed E-state index contributed by atoms with van der Waals surface area (Å²) in [4.78, 5) is 3.78. The summed E-state index contributed by atoms with van der Waals surface area (Å²) in [6.07, 6.45) is 3.50. The molecule has 0 unspecified atom stereocenters. The van der Waals surface area contributed by atoms with E-state index in [1.807, 2.05) is 18.2 Å². The first-order chi connectivity index (χ1) is 7.61. The topological polar surface area (TPSA) is 33.1 Å². The second-order valence-corrected chi connectivity index (χ2v) is 3.97. The molecule has 1 aromatic carbocycles. The minimum Gasteiger partial charge on any atom is -1.00 e. The van der Waals surface area contributed by atoms with Crippen LogP contribution in [0.25, 0.3) is 0 Å². The first-order valence-electron chi connectivity index (χ1n) is 4.29. The molecule has 0 atom stereocenters. The van der Waals surface area contributed by atoms with Crippen molar-refractivity contribution in [2.45, 2.75) is 0 Å². The van der Waals surface area contributed by atoms with Gasteiger partial charge in [-0.05, 0) is 18.2 Å². The molecule has 0 radical (unpaired) electrons. The van der Waals surface area contributed by atoms with E-state index in [-0.39, 0.29) is 46.8 Å². The molecule has 0 amide bonds. The molecule has 2 rings (SSSR count). The molecule has 1 heterocycles. The molecule has 17 heavy (non-hydrogen) atoms. The van der Waals surface area contributed by atoms with E-state index in [0.29, 0.717) is 5.02 Å². The molecule has 86 valence electrons. The number of pyridine rings is 1. The van der Waals surface area contributed by atoms with Crippen LogP contribution in [-0.4, -0.2) is 10.1 Å². The summed E-state index contributed by atoms with van der Waals surface area (Å²) >= 11 is 16.6. The minimum absolute atomic E-state index is 0. The van der Waals surface area contributed by atoms with Crippen LogP contribution in [0.1, 0.15) is 1.43 Å². The molecule has 2 nitrogen and oxygen atoms in total. The minimum atomic E-state index is -0.0980. The van der Waals surface area contributed by atoms with E-state index < -0.39 is 0 Å². The molecule has 0 fully saturated rings. The molecular weight excluding hydrogens is 291 g/mol. The number of phenols is 1. The number of aromatic hydroxyl groups is 1. The molecule has 0 bridgehead atoms. The second-order valence-electron chi connectivity index (χ2n) is 2.75. The van der Waals surface area contributed by atoms with Crippen LogP contribution in [-0.2, 0) is 0 Å². The Bertz CT molecular complexity index is 410. The Morgan fingerprint density at radius 2 is 1.59 bits per heavy atom. The summed E-state index contributed by atoms with van der Waals surface area (Å²) in [5.41, 5.74) is 0. The van der Waals surface area contributed by atoms with E-state index in [4.69, 9.17) is 39.9 Å². The van der Waals surface area contributed by atoms with Gasteiger partial charge in [-0.3, -0.25) is 4.98 Å². The molecule has 0 aliphatic carbocycles. The van der Waals surface area contributed by atoms with E-state index in [2.05, 4.69) is 4.98 Å².